The van der Waals surface area contributed by atoms with Gasteiger partial charge in [-0.05, 0) is 24.3 Å². The average Bonchev–Trinajstić information content (AvgIpc) is 2.67. The Morgan fingerprint density at radius 2 is 1.78 bits per heavy atom. The Morgan fingerprint density at radius 3 is 2.26 bits per heavy atom. The third kappa shape index (κ3) is 4.76. The molecule has 2 N–H and O–H groups in total. The summed E-state index contributed by atoms with van der Waals surface area (Å²) in [6.45, 7) is 2.94. The normalized spacial score (nSPS) is 14.3. The average molecular weight is 371 g/mol. The lowest BCUT2D eigenvalue weighted by Crippen LogP contribution is -2.47. The second-order valence-corrected chi connectivity index (χ2v) is 5.90. The first-order valence-corrected chi connectivity index (χ1v) is 8.26. The van der Waals surface area contributed by atoms with Crippen LogP contribution in [0.25, 0.3) is 0 Å². The second-order valence-electron chi connectivity index (χ2n) is 5.90. The third-order valence-electron chi connectivity index (χ3n) is 4.08. The van der Waals surface area contributed by atoms with Crippen LogP contribution in [0.15, 0.2) is 36.0 Å². The van der Waals surface area contributed by atoms with E-state index in [9.17, 15) is 19.6 Å². The molecule has 1 saturated heterocycles. The summed E-state index contributed by atoms with van der Waals surface area (Å²) in [5, 5.41) is 9.42. The molecule has 0 unspecified atom stereocenters. The number of anilines is 2. The molecule has 2 rings (SSSR count). The van der Waals surface area contributed by atoms with Crippen LogP contribution in [0.4, 0.5) is 16.2 Å². The number of hydrogen-bond donors (Lipinski definition) is 1. The summed E-state index contributed by atoms with van der Waals surface area (Å²) in [5.41, 5.74) is 6.29. The number of carbonyl (C=O) groups is 3. The number of ether oxygens (including phenoxy) is 1. The Balaban J connectivity index is 2.17. The molecule has 1 fully saturated rings. The van der Waals surface area contributed by atoms with Crippen LogP contribution >= 0.6 is 0 Å². The summed E-state index contributed by atoms with van der Waals surface area (Å²) in [5.74, 6) is -1.23. The minimum absolute atomic E-state index is 0.173. The van der Waals surface area contributed by atoms with Crippen LogP contribution in [0.1, 0.15) is 6.92 Å². The maximum Gasteiger partial charge on any atom is 0.409 e. The lowest BCUT2D eigenvalue weighted by molar-refractivity contribution is -0.123. The minimum atomic E-state index is -0.717. The van der Waals surface area contributed by atoms with Crippen molar-refractivity contribution in [3.63, 3.8) is 0 Å². The molecule has 142 valence electrons. The molecule has 27 heavy (non-hydrogen) atoms. The van der Waals surface area contributed by atoms with Gasteiger partial charge in [-0.2, -0.15) is 5.26 Å². The van der Waals surface area contributed by atoms with E-state index in [0.29, 0.717) is 37.6 Å². The predicted molar refractivity (Wildman–Crippen MR) is 98.3 cm³/mol. The third-order valence-corrected chi connectivity index (χ3v) is 4.08. The van der Waals surface area contributed by atoms with Gasteiger partial charge in [0.25, 0.3) is 5.91 Å². The molecule has 0 spiro atoms. The van der Waals surface area contributed by atoms with Gasteiger partial charge in [0, 0.05) is 45.0 Å². The van der Waals surface area contributed by atoms with Crippen LogP contribution in [0.2, 0.25) is 0 Å². The topological polar surface area (TPSA) is 120 Å². The molecule has 9 heteroatoms. The van der Waals surface area contributed by atoms with Crippen molar-refractivity contribution in [2.24, 2.45) is 0 Å². The van der Waals surface area contributed by atoms with Gasteiger partial charge in [0.1, 0.15) is 11.6 Å². The molecule has 1 aliphatic heterocycles. The lowest BCUT2D eigenvalue weighted by Gasteiger charge is -2.33. The van der Waals surface area contributed by atoms with Crippen LogP contribution in [0, 0.1) is 11.3 Å². The highest BCUT2D eigenvalue weighted by atomic mass is 16.5. The molecule has 1 aromatic carbocycles. The van der Waals surface area contributed by atoms with Crippen molar-refractivity contribution in [1.29, 1.82) is 5.26 Å². The van der Waals surface area contributed by atoms with Crippen LogP contribution < -0.4 is 10.6 Å². The van der Waals surface area contributed by atoms with E-state index < -0.39 is 17.9 Å². The SMILES string of the molecule is COC(=O)N1CCN(/C=C(/C#N)C(=O)N(C(C)=O)c2ccc(N)cc2)CC1. The van der Waals surface area contributed by atoms with Gasteiger partial charge in [-0.1, -0.05) is 0 Å². The van der Waals surface area contributed by atoms with Crippen LogP contribution in [-0.4, -0.2) is 61.0 Å². The zero-order valence-electron chi connectivity index (χ0n) is 15.2. The molecule has 9 nitrogen and oxygen atoms in total. The maximum absolute atomic E-state index is 12.8. The summed E-state index contributed by atoms with van der Waals surface area (Å²) < 4.78 is 4.67. The number of nitrogens with two attached hydrogens (primary N) is 1. The van der Waals surface area contributed by atoms with Gasteiger partial charge in [0.05, 0.1) is 12.8 Å². The molecule has 0 atom stereocenters. The van der Waals surface area contributed by atoms with Gasteiger partial charge in [0.2, 0.25) is 5.91 Å². The molecule has 1 aromatic rings. The van der Waals surface area contributed by atoms with Crippen molar-refractivity contribution in [3.8, 4) is 6.07 Å². The molecular formula is C18H21N5O4. The van der Waals surface area contributed by atoms with E-state index in [1.165, 1.54) is 25.1 Å². The Hall–Kier alpha value is -3.54. The molecule has 0 saturated carbocycles. The number of imide groups is 1. The summed E-state index contributed by atoms with van der Waals surface area (Å²) in [6, 6.07) is 8.08. The van der Waals surface area contributed by atoms with Gasteiger partial charge in [0.15, 0.2) is 0 Å². The fraction of sp³-hybridized carbons (Fsp3) is 0.333. The van der Waals surface area contributed by atoms with Gasteiger partial charge in [-0.25, -0.2) is 9.69 Å². The first-order chi connectivity index (χ1) is 12.9. The fourth-order valence-corrected chi connectivity index (χ4v) is 2.66. The molecule has 0 aliphatic carbocycles. The summed E-state index contributed by atoms with van der Waals surface area (Å²) in [7, 11) is 1.31. The van der Waals surface area contributed by atoms with E-state index in [1.807, 2.05) is 6.07 Å². The number of methoxy groups -OCH3 is 1. The van der Waals surface area contributed by atoms with Crippen molar-refractivity contribution in [3.05, 3.63) is 36.0 Å². The van der Waals surface area contributed by atoms with Crippen molar-refractivity contribution < 1.29 is 19.1 Å². The van der Waals surface area contributed by atoms with Gasteiger partial charge >= 0.3 is 6.09 Å². The molecule has 0 bridgehead atoms. The van der Waals surface area contributed by atoms with E-state index in [1.54, 1.807) is 29.2 Å². The molecule has 0 radical (unpaired) electrons. The quantitative estimate of drug-likeness (QED) is 0.477. The lowest BCUT2D eigenvalue weighted by atomic mass is 10.2. The number of carbonyl (C=O) groups excluding carboxylic acids is 3. The van der Waals surface area contributed by atoms with E-state index in [4.69, 9.17) is 5.73 Å². The highest BCUT2D eigenvalue weighted by molar-refractivity contribution is 6.21. The molecule has 0 aromatic heterocycles. The number of hydrogen-bond acceptors (Lipinski definition) is 7. The van der Waals surface area contributed by atoms with Crippen molar-refractivity contribution >= 4 is 29.3 Å². The number of nitrogen functional groups attached to an aromatic ring is 1. The molecule has 3 amide bonds. The van der Waals surface area contributed by atoms with Crippen molar-refractivity contribution in [2.45, 2.75) is 6.92 Å². The number of piperazine rings is 1. The van der Waals surface area contributed by atoms with Crippen LogP contribution in [-0.2, 0) is 14.3 Å². The molecule has 1 aliphatic rings. The Labute approximate surface area is 157 Å². The number of amides is 3. The second kappa shape index (κ2) is 8.71. The van der Waals surface area contributed by atoms with Gasteiger partial charge in [-0.3, -0.25) is 9.59 Å². The van der Waals surface area contributed by atoms with Gasteiger partial charge in [-0.15, -0.1) is 0 Å². The molecular weight excluding hydrogens is 350 g/mol. The highest BCUT2D eigenvalue weighted by Gasteiger charge is 2.26. The summed E-state index contributed by atoms with van der Waals surface area (Å²) in [6.07, 6.45) is 1.01. The maximum atomic E-state index is 12.8. The fourth-order valence-electron chi connectivity index (χ4n) is 2.66. The number of nitrogens with zero attached hydrogens (tertiary/aromatic N) is 4. The molecule has 1 heterocycles. The standard InChI is InChI=1S/C18H21N5O4/c1-13(24)23(16-5-3-15(20)4-6-16)17(25)14(11-19)12-21-7-9-22(10-8-21)18(26)27-2/h3-6,12H,7-10,20H2,1-2H3/b14-12-. The van der Waals surface area contributed by atoms with E-state index >= 15 is 0 Å². The Kier molecular flexibility index (Phi) is 6.38. The van der Waals surface area contributed by atoms with E-state index in [2.05, 4.69) is 4.74 Å². The first kappa shape index (κ1) is 19.8. The van der Waals surface area contributed by atoms with Crippen molar-refractivity contribution in [1.82, 2.24) is 9.80 Å². The Morgan fingerprint density at radius 1 is 1.19 bits per heavy atom. The minimum Gasteiger partial charge on any atom is -0.453 e. The highest BCUT2D eigenvalue weighted by Crippen LogP contribution is 2.19. The summed E-state index contributed by atoms with van der Waals surface area (Å²) >= 11 is 0. The monoisotopic (exact) mass is 371 g/mol. The predicted octanol–water partition coefficient (Wildman–Crippen LogP) is 0.940. The smallest absolute Gasteiger partial charge is 0.409 e. The van der Waals surface area contributed by atoms with E-state index in [-0.39, 0.29) is 5.57 Å². The summed E-state index contributed by atoms with van der Waals surface area (Å²) in [4.78, 5) is 40.5. The van der Waals surface area contributed by atoms with E-state index in [0.717, 1.165) is 4.90 Å². The van der Waals surface area contributed by atoms with Crippen LogP contribution in [0.3, 0.4) is 0 Å². The van der Waals surface area contributed by atoms with Crippen molar-refractivity contribution in [2.75, 3.05) is 43.9 Å². The largest absolute Gasteiger partial charge is 0.453 e. The Bertz CT molecular complexity index is 789. The number of rotatable bonds is 3. The first-order valence-electron chi connectivity index (χ1n) is 8.26. The zero-order valence-corrected chi connectivity index (χ0v) is 15.2. The number of benzene rings is 1. The van der Waals surface area contributed by atoms with Crippen LogP contribution in [0.5, 0.6) is 0 Å². The van der Waals surface area contributed by atoms with Gasteiger partial charge < -0.3 is 20.3 Å². The zero-order chi connectivity index (χ0) is 20.0. The number of nitriles is 1.